The van der Waals surface area contributed by atoms with Crippen LogP contribution in [0, 0.1) is 0 Å². The summed E-state index contributed by atoms with van der Waals surface area (Å²) in [6.45, 7) is 9.28. The first kappa shape index (κ1) is 16.2. The van der Waals surface area contributed by atoms with Gasteiger partial charge in [-0.05, 0) is 31.9 Å². The Morgan fingerprint density at radius 1 is 1.30 bits per heavy atom. The van der Waals surface area contributed by atoms with Crippen molar-refractivity contribution in [2.24, 2.45) is 0 Å². The summed E-state index contributed by atoms with van der Waals surface area (Å²) in [6, 6.07) is 4.57. The van der Waals surface area contributed by atoms with Gasteiger partial charge in [-0.1, -0.05) is 19.0 Å². The molecule has 1 aliphatic rings. The zero-order chi connectivity index (χ0) is 16.2. The minimum atomic E-state index is 0.0941. The molecule has 1 aliphatic heterocycles. The number of hydrogen-bond donors (Lipinski definition) is 1. The summed E-state index contributed by atoms with van der Waals surface area (Å²) < 4.78 is 10.8. The molecular weight excluding hydrogens is 292 g/mol. The largest absolute Gasteiger partial charge is 0.468 e. The molecule has 0 amide bonds. The molecule has 1 saturated heterocycles. The van der Waals surface area contributed by atoms with E-state index in [4.69, 9.17) is 8.94 Å². The molecule has 1 atom stereocenters. The third-order valence-electron chi connectivity index (χ3n) is 4.38. The molecule has 6 heteroatoms. The number of nitrogens with one attached hydrogen (secondary N) is 1. The van der Waals surface area contributed by atoms with Crippen molar-refractivity contribution in [3.63, 3.8) is 0 Å². The minimum Gasteiger partial charge on any atom is -0.468 e. The van der Waals surface area contributed by atoms with Gasteiger partial charge in [-0.15, -0.1) is 0 Å². The van der Waals surface area contributed by atoms with Crippen LogP contribution in [0.2, 0.25) is 0 Å². The number of likely N-dealkylation sites (tertiary alicyclic amines) is 1. The molecule has 0 saturated carbocycles. The molecule has 23 heavy (non-hydrogen) atoms. The Labute approximate surface area is 137 Å². The molecule has 0 aromatic carbocycles. The summed E-state index contributed by atoms with van der Waals surface area (Å²) in [5, 5.41) is 7.66. The summed E-state index contributed by atoms with van der Waals surface area (Å²) in [5.74, 6) is 2.80. The van der Waals surface area contributed by atoms with E-state index in [1.165, 1.54) is 0 Å². The topological polar surface area (TPSA) is 67.3 Å². The summed E-state index contributed by atoms with van der Waals surface area (Å²) in [7, 11) is 0. The van der Waals surface area contributed by atoms with E-state index in [1.807, 2.05) is 12.1 Å². The predicted molar refractivity (Wildman–Crippen MR) is 86.9 cm³/mol. The molecule has 1 fully saturated rings. The van der Waals surface area contributed by atoms with Gasteiger partial charge in [-0.2, -0.15) is 4.98 Å². The van der Waals surface area contributed by atoms with Crippen molar-refractivity contribution in [1.82, 2.24) is 20.4 Å². The Balaban J connectivity index is 1.46. The minimum absolute atomic E-state index is 0.0941. The molecule has 2 aromatic rings. The maximum absolute atomic E-state index is 5.42. The van der Waals surface area contributed by atoms with Gasteiger partial charge in [-0.3, -0.25) is 4.90 Å². The Morgan fingerprint density at radius 3 is 2.70 bits per heavy atom. The number of nitrogens with zero attached hydrogens (tertiary/aromatic N) is 3. The zero-order valence-corrected chi connectivity index (χ0v) is 14.2. The lowest BCUT2D eigenvalue weighted by molar-refractivity contribution is 0.170. The second-order valence-electron chi connectivity index (χ2n) is 6.66. The Hall–Kier alpha value is -1.66. The van der Waals surface area contributed by atoms with Gasteiger partial charge in [0.25, 0.3) is 0 Å². The maximum atomic E-state index is 5.42. The first-order chi connectivity index (χ1) is 11.1. The molecule has 3 rings (SSSR count). The molecule has 0 unspecified atom stereocenters. The van der Waals surface area contributed by atoms with Crippen molar-refractivity contribution in [3.05, 3.63) is 35.9 Å². The van der Waals surface area contributed by atoms with E-state index in [-0.39, 0.29) is 6.04 Å². The molecule has 126 valence electrons. The highest BCUT2D eigenvalue weighted by Crippen LogP contribution is 2.19. The lowest BCUT2D eigenvalue weighted by Gasteiger charge is -2.32. The van der Waals surface area contributed by atoms with Gasteiger partial charge in [0.2, 0.25) is 5.89 Å². The third-order valence-corrected chi connectivity index (χ3v) is 4.38. The molecule has 6 nitrogen and oxygen atoms in total. The summed E-state index contributed by atoms with van der Waals surface area (Å²) in [6.07, 6.45) is 3.98. The van der Waals surface area contributed by atoms with E-state index in [2.05, 4.69) is 41.1 Å². The lowest BCUT2D eigenvalue weighted by Crippen LogP contribution is -2.42. The fourth-order valence-corrected chi connectivity index (χ4v) is 2.96. The Bertz CT molecular complexity index is 586. The Kier molecular flexibility index (Phi) is 5.13. The van der Waals surface area contributed by atoms with Crippen molar-refractivity contribution in [2.45, 2.75) is 58.2 Å². The van der Waals surface area contributed by atoms with E-state index in [0.29, 0.717) is 17.9 Å². The number of piperidine rings is 1. The van der Waals surface area contributed by atoms with Crippen LogP contribution in [0.3, 0.4) is 0 Å². The van der Waals surface area contributed by atoms with E-state index >= 15 is 0 Å². The molecule has 0 aliphatic carbocycles. The second-order valence-corrected chi connectivity index (χ2v) is 6.66. The van der Waals surface area contributed by atoms with Crippen LogP contribution in [0.1, 0.15) is 63.0 Å². The Morgan fingerprint density at radius 2 is 2.09 bits per heavy atom. The number of hydrogen-bond acceptors (Lipinski definition) is 6. The quantitative estimate of drug-likeness (QED) is 0.883. The number of rotatable bonds is 6. The summed E-state index contributed by atoms with van der Waals surface area (Å²) >= 11 is 0. The van der Waals surface area contributed by atoms with Gasteiger partial charge >= 0.3 is 0 Å². The lowest BCUT2D eigenvalue weighted by atomic mass is 10.0. The van der Waals surface area contributed by atoms with Crippen molar-refractivity contribution < 1.29 is 8.94 Å². The van der Waals surface area contributed by atoms with Gasteiger partial charge in [0.05, 0.1) is 18.8 Å². The first-order valence-corrected chi connectivity index (χ1v) is 8.46. The highest BCUT2D eigenvalue weighted by molar-refractivity contribution is 4.99. The third kappa shape index (κ3) is 4.20. The van der Waals surface area contributed by atoms with Gasteiger partial charge in [-0.25, -0.2) is 0 Å². The van der Waals surface area contributed by atoms with Crippen molar-refractivity contribution >= 4 is 0 Å². The average molecular weight is 318 g/mol. The number of aromatic nitrogens is 2. The zero-order valence-electron chi connectivity index (χ0n) is 14.2. The van der Waals surface area contributed by atoms with Crippen molar-refractivity contribution in [3.8, 4) is 0 Å². The van der Waals surface area contributed by atoms with Gasteiger partial charge in [0.1, 0.15) is 5.76 Å². The molecule has 1 N–H and O–H groups in total. The average Bonchev–Trinajstić information content (AvgIpc) is 3.20. The van der Waals surface area contributed by atoms with Crippen LogP contribution < -0.4 is 5.32 Å². The van der Waals surface area contributed by atoms with E-state index < -0.39 is 0 Å². The van der Waals surface area contributed by atoms with Gasteiger partial charge in [0, 0.05) is 25.0 Å². The second kappa shape index (κ2) is 7.27. The molecule has 2 aromatic heterocycles. The fraction of sp³-hybridized carbons (Fsp3) is 0.647. The molecule has 0 bridgehead atoms. The molecule has 0 radical (unpaired) electrons. The highest BCUT2D eigenvalue weighted by Gasteiger charge is 2.23. The van der Waals surface area contributed by atoms with Gasteiger partial charge < -0.3 is 14.3 Å². The van der Waals surface area contributed by atoms with Crippen LogP contribution in [-0.2, 0) is 6.54 Å². The highest BCUT2D eigenvalue weighted by atomic mass is 16.5. The van der Waals surface area contributed by atoms with Crippen LogP contribution in [0.5, 0.6) is 0 Å². The molecular formula is C17H26N4O2. The molecule has 3 heterocycles. The maximum Gasteiger partial charge on any atom is 0.243 e. The number of furan rings is 1. The monoisotopic (exact) mass is 318 g/mol. The van der Waals surface area contributed by atoms with Crippen LogP contribution in [0.4, 0.5) is 0 Å². The van der Waals surface area contributed by atoms with Crippen LogP contribution in [-0.4, -0.2) is 34.2 Å². The van der Waals surface area contributed by atoms with E-state index in [1.54, 1.807) is 6.26 Å². The standard InChI is InChI=1S/C17H26N4O2/c1-12(2)16-19-17(23-20-16)13(3)18-14-6-8-21(9-7-14)11-15-5-4-10-22-15/h4-5,10,12-14,18H,6-9,11H2,1-3H3/t13-/m1/s1. The fourth-order valence-electron chi connectivity index (χ4n) is 2.96. The predicted octanol–water partition coefficient (Wildman–Crippen LogP) is 3.10. The summed E-state index contributed by atoms with van der Waals surface area (Å²) in [4.78, 5) is 6.91. The summed E-state index contributed by atoms with van der Waals surface area (Å²) in [5.41, 5.74) is 0. The van der Waals surface area contributed by atoms with E-state index in [9.17, 15) is 0 Å². The normalized spacial score (nSPS) is 18.6. The van der Waals surface area contributed by atoms with Gasteiger partial charge in [0.15, 0.2) is 5.82 Å². The van der Waals surface area contributed by atoms with Crippen molar-refractivity contribution in [1.29, 1.82) is 0 Å². The van der Waals surface area contributed by atoms with Crippen LogP contribution >= 0.6 is 0 Å². The SMILES string of the molecule is CC(C)c1noc([C@@H](C)NC2CCN(Cc3ccco3)CC2)n1. The molecule has 0 spiro atoms. The van der Waals surface area contributed by atoms with Crippen molar-refractivity contribution in [2.75, 3.05) is 13.1 Å². The first-order valence-electron chi connectivity index (χ1n) is 8.46. The van der Waals surface area contributed by atoms with Crippen LogP contribution in [0.15, 0.2) is 27.3 Å². The van der Waals surface area contributed by atoms with E-state index in [0.717, 1.165) is 44.1 Å². The van der Waals surface area contributed by atoms with Crippen LogP contribution in [0.25, 0.3) is 0 Å². The smallest absolute Gasteiger partial charge is 0.243 e.